The van der Waals surface area contributed by atoms with Crippen LogP contribution in [0.1, 0.15) is 21.3 Å². The average molecular weight is 140 g/mol. The monoisotopic (exact) mass is 140 g/mol. The molecule has 0 heteroatoms. The summed E-state index contributed by atoms with van der Waals surface area (Å²) in [5, 5.41) is 0. The van der Waals surface area contributed by atoms with Gasteiger partial charge in [0, 0.05) is 0 Å². The van der Waals surface area contributed by atoms with Crippen LogP contribution in [0.15, 0.2) is 44.2 Å². The largest absolute Gasteiger partial charge is 0.130 e. The zero-order valence-corrected chi connectivity index (χ0v) is 6.48. The Morgan fingerprint density at radius 1 is 0.900 bits per heavy atom. The molecule has 0 aromatic rings. The topological polar surface area (TPSA) is 0 Å². The van der Waals surface area contributed by atoms with Crippen molar-refractivity contribution >= 4 is 0 Å². The van der Waals surface area contributed by atoms with Crippen LogP contribution in [0.2, 0.25) is 0 Å². The first-order valence-electron chi connectivity index (χ1n) is 2.73. The predicted octanol–water partition coefficient (Wildman–Crippen LogP) is 3.98. The lowest BCUT2D eigenvalue weighted by Gasteiger charge is -1.48. The van der Waals surface area contributed by atoms with Gasteiger partial charge in [-0.3, -0.25) is 0 Å². The molecule has 0 unspecified atom stereocenters. The van der Waals surface area contributed by atoms with Crippen molar-refractivity contribution in [1.29, 1.82) is 0 Å². The van der Waals surface area contributed by atoms with Crippen LogP contribution in [-0.4, -0.2) is 0 Å². The molecular weight excluding hydrogens is 120 g/mol. The smallest absolute Gasteiger partial charge is 0.0393 e. The highest BCUT2D eigenvalue weighted by Crippen LogP contribution is 1.57. The third-order valence-corrected chi connectivity index (χ3v) is 0.333. The van der Waals surface area contributed by atoms with Gasteiger partial charge in [0.25, 0.3) is 0 Å². The summed E-state index contributed by atoms with van der Waals surface area (Å²) >= 11 is 0. The van der Waals surface area contributed by atoms with Gasteiger partial charge in [-0.2, -0.15) is 0 Å². The molecule has 0 rings (SSSR count). The maximum atomic E-state index is 3.00. The SMILES string of the molecule is C.C=C.C=C.CC=C=CC. The molecular formula is C10H20. The van der Waals surface area contributed by atoms with Gasteiger partial charge >= 0.3 is 0 Å². The van der Waals surface area contributed by atoms with E-state index in [1.54, 1.807) is 0 Å². The molecule has 10 heavy (non-hydrogen) atoms. The molecule has 0 aliphatic carbocycles. The number of hydrogen-bond donors (Lipinski definition) is 0. The van der Waals surface area contributed by atoms with Gasteiger partial charge in [0.05, 0.1) is 0 Å². The highest BCUT2D eigenvalue weighted by molar-refractivity contribution is 4.76. The van der Waals surface area contributed by atoms with Crippen LogP contribution in [-0.2, 0) is 0 Å². The van der Waals surface area contributed by atoms with Gasteiger partial charge in [0.15, 0.2) is 0 Å². The summed E-state index contributed by atoms with van der Waals surface area (Å²) in [6, 6.07) is 0. The third kappa shape index (κ3) is 252. The first-order chi connectivity index (χ1) is 4.41. The molecule has 0 amide bonds. The number of rotatable bonds is 0. The Kier molecular flexibility index (Phi) is 226. The highest BCUT2D eigenvalue weighted by Gasteiger charge is 1.35. The summed E-state index contributed by atoms with van der Waals surface area (Å²) in [5.74, 6) is 0. The summed E-state index contributed by atoms with van der Waals surface area (Å²) in [6.07, 6.45) is 3.75. The molecule has 0 saturated carbocycles. The Bertz CT molecular complexity index is 66.0. The van der Waals surface area contributed by atoms with Crippen molar-refractivity contribution in [3.05, 3.63) is 44.2 Å². The summed E-state index contributed by atoms with van der Waals surface area (Å²) in [6.45, 7) is 15.9. The molecule has 0 fully saturated rings. The third-order valence-electron chi connectivity index (χ3n) is 0.333. The van der Waals surface area contributed by atoms with Crippen LogP contribution in [0.3, 0.4) is 0 Å². The molecule has 0 aromatic carbocycles. The van der Waals surface area contributed by atoms with Crippen LogP contribution in [0.4, 0.5) is 0 Å². The van der Waals surface area contributed by atoms with Crippen LogP contribution < -0.4 is 0 Å². The van der Waals surface area contributed by atoms with E-state index >= 15 is 0 Å². The fourth-order valence-corrected chi connectivity index (χ4v) is 0.167. The molecule has 0 saturated heterocycles. The molecule has 0 N–H and O–H groups in total. The minimum absolute atomic E-state index is 0. The zero-order chi connectivity index (χ0) is 8.12. The second-order valence-electron chi connectivity index (χ2n) is 0.744. The molecule has 0 atom stereocenters. The highest BCUT2D eigenvalue weighted by atomic mass is 13.4. The van der Waals surface area contributed by atoms with E-state index in [2.05, 4.69) is 32.0 Å². The number of hydrogen-bond acceptors (Lipinski definition) is 0. The Hall–Kier alpha value is -1.00. The van der Waals surface area contributed by atoms with Crippen LogP contribution in [0.25, 0.3) is 0 Å². The molecule has 0 bridgehead atoms. The summed E-state index contributed by atoms with van der Waals surface area (Å²) in [5.41, 5.74) is 2.86. The first-order valence-corrected chi connectivity index (χ1v) is 2.73. The second-order valence-corrected chi connectivity index (χ2v) is 0.744. The molecule has 0 heterocycles. The van der Waals surface area contributed by atoms with Crippen LogP contribution in [0.5, 0.6) is 0 Å². The quantitative estimate of drug-likeness (QED) is 0.352. The van der Waals surface area contributed by atoms with E-state index in [1.165, 1.54) is 0 Å². The van der Waals surface area contributed by atoms with Crippen LogP contribution >= 0.6 is 0 Å². The Labute approximate surface area is 66.3 Å². The predicted molar refractivity (Wildman–Crippen MR) is 53.2 cm³/mol. The Morgan fingerprint density at radius 2 is 1.10 bits per heavy atom. The van der Waals surface area contributed by atoms with Crippen LogP contribution in [0, 0.1) is 0 Å². The standard InChI is InChI=1S/C5H8.2C2H4.CH4/c1-3-5-4-2;2*1-2;/h3-4H,1-2H3;2*1-2H2;1H4. The van der Waals surface area contributed by atoms with E-state index in [1.807, 2.05) is 26.0 Å². The maximum absolute atomic E-state index is 3.00. The summed E-state index contributed by atoms with van der Waals surface area (Å²) in [7, 11) is 0. The fourth-order valence-electron chi connectivity index (χ4n) is 0.167. The molecule has 0 spiro atoms. The van der Waals surface area contributed by atoms with Crippen molar-refractivity contribution in [2.24, 2.45) is 0 Å². The van der Waals surface area contributed by atoms with E-state index in [0.29, 0.717) is 0 Å². The molecule has 0 aliphatic rings. The van der Waals surface area contributed by atoms with E-state index < -0.39 is 0 Å². The zero-order valence-electron chi connectivity index (χ0n) is 6.48. The number of allylic oxidation sites excluding steroid dienone is 1. The maximum Gasteiger partial charge on any atom is -0.0393 e. The normalized spacial score (nSPS) is 3.40. The molecule has 0 aliphatic heterocycles. The lowest BCUT2D eigenvalue weighted by Crippen LogP contribution is -1.26. The van der Waals surface area contributed by atoms with E-state index in [-0.39, 0.29) is 7.43 Å². The Morgan fingerprint density at radius 3 is 1.10 bits per heavy atom. The average Bonchev–Trinajstić information content (AvgIpc) is 1.98. The molecule has 0 nitrogen and oxygen atoms in total. The van der Waals surface area contributed by atoms with Gasteiger partial charge in [-0.1, -0.05) is 7.43 Å². The minimum Gasteiger partial charge on any atom is -0.130 e. The van der Waals surface area contributed by atoms with Crippen molar-refractivity contribution in [1.82, 2.24) is 0 Å². The van der Waals surface area contributed by atoms with Gasteiger partial charge in [0.1, 0.15) is 0 Å². The van der Waals surface area contributed by atoms with Crippen molar-refractivity contribution in [2.75, 3.05) is 0 Å². The lowest BCUT2D eigenvalue weighted by atomic mass is 10.6. The summed E-state index contributed by atoms with van der Waals surface area (Å²) < 4.78 is 0. The van der Waals surface area contributed by atoms with Crippen molar-refractivity contribution < 1.29 is 0 Å². The van der Waals surface area contributed by atoms with Crippen molar-refractivity contribution in [2.45, 2.75) is 21.3 Å². The second kappa shape index (κ2) is 98.0. The molecule has 0 radical (unpaired) electrons. The molecule has 60 valence electrons. The van der Waals surface area contributed by atoms with Crippen molar-refractivity contribution in [3.63, 3.8) is 0 Å². The fraction of sp³-hybridized carbons (Fsp3) is 0.300. The molecule has 0 aromatic heterocycles. The van der Waals surface area contributed by atoms with E-state index in [4.69, 9.17) is 0 Å². The van der Waals surface area contributed by atoms with E-state index in [9.17, 15) is 0 Å². The Balaban J connectivity index is -0.0000000315. The lowest BCUT2D eigenvalue weighted by molar-refractivity contribution is 1.71. The van der Waals surface area contributed by atoms with Gasteiger partial charge < -0.3 is 0 Å². The van der Waals surface area contributed by atoms with Gasteiger partial charge in [-0.15, -0.1) is 32.0 Å². The van der Waals surface area contributed by atoms with E-state index in [0.717, 1.165) is 0 Å². The minimum atomic E-state index is 0. The van der Waals surface area contributed by atoms with Gasteiger partial charge in [0.2, 0.25) is 0 Å². The van der Waals surface area contributed by atoms with Crippen molar-refractivity contribution in [3.8, 4) is 0 Å². The van der Waals surface area contributed by atoms with Gasteiger partial charge in [-0.05, 0) is 26.0 Å². The summed E-state index contributed by atoms with van der Waals surface area (Å²) in [4.78, 5) is 0. The first kappa shape index (κ1) is 23.0. The van der Waals surface area contributed by atoms with Gasteiger partial charge in [-0.25, -0.2) is 0 Å².